The lowest BCUT2D eigenvalue weighted by atomic mass is 10.0. The average molecular weight is 397 g/mol. The van der Waals surface area contributed by atoms with Crippen molar-refractivity contribution in [1.82, 2.24) is 0 Å². The van der Waals surface area contributed by atoms with Crippen LogP contribution in [0.15, 0.2) is 35.2 Å². The highest BCUT2D eigenvalue weighted by atomic mass is 32.2. The number of ether oxygens (including phenoxy) is 1. The Bertz CT molecular complexity index is 925. The molecule has 144 valence electrons. The fourth-order valence-electron chi connectivity index (χ4n) is 3.01. The lowest BCUT2D eigenvalue weighted by Crippen LogP contribution is -2.23. The predicted molar refractivity (Wildman–Crippen MR) is 95.2 cm³/mol. The van der Waals surface area contributed by atoms with Crippen LogP contribution < -0.4 is 4.74 Å². The van der Waals surface area contributed by atoms with Crippen molar-refractivity contribution in [1.29, 1.82) is 5.26 Å². The van der Waals surface area contributed by atoms with Gasteiger partial charge in [-0.15, -0.1) is 0 Å². The number of aliphatic hydroxyl groups is 1. The summed E-state index contributed by atoms with van der Waals surface area (Å²) in [4.78, 5) is 0.341. The van der Waals surface area contributed by atoms with Crippen LogP contribution in [0.25, 0.3) is 0 Å². The van der Waals surface area contributed by atoms with Gasteiger partial charge in [-0.2, -0.15) is 5.26 Å². The molecule has 4 nitrogen and oxygen atoms in total. The van der Waals surface area contributed by atoms with E-state index in [1.807, 2.05) is 6.07 Å². The minimum atomic E-state index is -1.92. The van der Waals surface area contributed by atoms with Crippen LogP contribution in [0.1, 0.15) is 29.7 Å². The minimum absolute atomic E-state index is 0.0890. The zero-order chi connectivity index (χ0) is 20.4. The van der Waals surface area contributed by atoms with Crippen LogP contribution in [0.3, 0.4) is 0 Å². The zero-order valence-electron chi connectivity index (χ0n) is 14.9. The van der Waals surface area contributed by atoms with Gasteiger partial charge in [0.25, 0.3) is 0 Å². The number of halogens is 3. The van der Waals surface area contributed by atoms with Crippen molar-refractivity contribution < 1.29 is 27.2 Å². The number of benzene rings is 2. The Labute approximate surface area is 157 Å². The zero-order valence-corrected chi connectivity index (χ0v) is 15.7. The summed E-state index contributed by atoms with van der Waals surface area (Å²) < 4.78 is 55.3. The van der Waals surface area contributed by atoms with E-state index < -0.39 is 28.4 Å². The van der Waals surface area contributed by atoms with E-state index in [1.165, 1.54) is 31.4 Å². The number of hydrogen-bond donors (Lipinski definition) is 1. The van der Waals surface area contributed by atoms with E-state index in [2.05, 4.69) is 0 Å². The number of nitriles is 1. The lowest BCUT2D eigenvalue weighted by molar-refractivity contribution is 0.0166. The largest absolute Gasteiger partial charge is 0.457 e. The molecule has 3 atom stereocenters. The Balaban J connectivity index is 0.00000126. The van der Waals surface area contributed by atoms with Gasteiger partial charge in [-0.3, -0.25) is 8.60 Å². The van der Waals surface area contributed by atoms with Crippen molar-refractivity contribution in [3.8, 4) is 17.6 Å². The third-order valence-electron chi connectivity index (χ3n) is 4.18. The Morgan fingerprint density at radius 3 is 2.59 bits per heavy atom. The first-order chi connectivity index (χ1) is 12.7. The Morgan fingerprint density at radius 1 is 1.33 bits per heavy atom. The molecule has 27 heavy (non-hydrogen) atoms. The van der Waals surface area contributed by atoms with E-state index >= 15 is 0 Å². The van der Waals surface area contributed by atoms with Crippen LogP contribution in [0.5, 0.6) is 11.5 Å². The van der Waals surface area contributed by atoms with Gasteiger partial charge in [0, 0.05) is 34.8 Å². The second kappa shape index (κ2) is 8.11. The summed E-state index contributed by atoms with van der Waals surface area (Å²) >= 11 is 0. The number of nitrogens with zero attached hydrogens (tertiary/aromatic N) is 1. The Kier molecular flexibility index (Phi) is 6.29. The summed E-state index contributed by atoms with van der Waals surface area (Å²) in [5.74, 6) is -0.308. The fourth-order valence-corrected chi connectivity index (χ4v) is 3.81. The maximum atomic E-state index is 14.6. The van der Waals surface area contributed by atoms with E-state index in [1.54, 1.807) is 0 Å². The molecule has 0 radical (unpaired) electrons. The number of rotatable bonds is 3. The van der Waals surface area contributed by atoms with Crippen molar-refractivity contribution >= 4 is 10.8 Å². The van der Waals surface area contributed by atoms with Crippen molar-refractivity contribution in [3.05, 3.63) is 52.8 Å². The molecule has 8 heteroatoms. The van der Waals surface area contributed by atoms with E-state index in [0.29, 0.717) is 17.6 Å². The van der Waals surface area contributed by atoms with E-state index in [-0.39, 0.29) is 29.0 Å². The van der Waals surface area contributed by atoms with Gasteiger partial charge in [0.15, 0.2) is 0 Å². The highest BCUT2D eigenvalue weighted by Crippen LogP contribution is 2.48. The molecule has 0 aliphatic heterocycles. The van der Waals surface area contributed by atoms with E-state index in [0.717, 1.165) is 12.1 Å². The molecule has 3 unspecified atom stereocenters. The first-order valence-corrected chi connectivity index (χ1v) is 9.41. The van der Waals surface area contributed by atoms with Crippen LogP contribution in [0.4, 0.5) is 13.2 Å². The number of fused-ring (bicyclic) bond motifs is 1. The van der Waals surface area contributed by atoms with Gasteiger partial charge in [0.05, 0.1) is 29.6 Å². The average Bonchev–Trinajstić information content (AvgIpc) is 2.86. The van der Waals surface area contributed by atoms with Gasteiger partial charge in [-0.1, -0.05) is 0 Å². The smallest absolute Gasteiger partial charge is 0.142 e. The van der Waals surface area contributed by atoms with Crippen LogP contribution in [-0.2, 0) is 17.2 Å². The van der Waals surface area contributed by atoms with E-state index in [4.69, 9.17) is 10.00 Å². The quantitative estimate of drug-likeness (QED) is 0.846. The summed E-state index contributed by atoms with van der Waals surface area (Å²) in [7, 11) is -0.913. The molecule has 0 bridgehead atoms. The summed E-state index contributed by atoms with van der Waals surface area (Å²) in [5.41, 5.74) is -1.18. The van der Waals surface area contributed by atoms with Gasteiger partial charge < -0.3 is 9.84 Å². The highest BCUT2D eigenvalue weighted by molar-refractivity contribution is 7.84. The number of alkyl halides is 2. The first-order valence-electron chi connectivity index (χ1n) is 7.85. The second-order valence-electron chi connectivity index (χ2n) is 6.16. The van der Waals surface area contributed by atoms with Crippen molar-refractivity contribution in [2.24, 2.45) is 0 Å². The molecule has 0 aromatic heterocycles. The Hall–Kier alpha value is -2.37. The molecular formula is C19H18F3NO3S. The number of aliphatic hydroxyl groups excluding tert-OH is 1. The summed E-state index contributed by atoms with van der Waals surface area (Å²) in [6.45, 7) is 1.26. The molecule has 0 saturated heterocycles. The number of hydrogen-bond acceptors (Lipinski definition) is 4. The van der Waals surface area contributed by atoms with Crippen molar-refractivity contribution in [3.63, 3.8) is 0 Å². The molecular weight excluding hydrogens is 379 g/mol. The van der Waals surface area contributed by atoms with Crippen LogP contribution in [-0.4, -0.2) is 28.4 Å². The first kappa shape index (κ1) is 20.9. The summed E-state index contributed by atoms with van der Waals surface area (Å²) in [6, 6.07) is 8.39. The molecule has 0 saturated carbocycles. The maximum absolute atomic E-state index is 14.6. The Morgan fingerprint density at radius 2 is 2.00 bits per heavy atom. The second-order valence-corrected chi connectivity index (χ2v) is 7.50. The highest BCUT2D eigenvalue weighted by Gasteiger charge is 2.45. The minimum Gasteiger partial charge on any atom is -0.457 e. The van der Waals surface area contributed by atoms with Gasteiger partial charge >= 0.3 is 0 Å². The van der Waals surface area contributed by atoms with E-state index in [9.17, 15) is 22.5 Å². The normalized spacial score (nSPS) is 21.5. The molecule has 1 aliphatic rings. The molecule has 1 aliphatic carbocycles. The topological polar surface area (TPSA) is 70.3 Å². The monoisotopic (exact) mass is 397 g/mol. The van der Waals surface area contributed by atoms with Gasteiger partial charge in [-0.05, 0) is 31.2 Å². The van der Waals surface area contributed by atoms with Crippen LogP contribution in [0.2, 0.25) is 0 Å². The third-order valence-corrected chi connectivity index (χ3v) is 5.15. The maximum Gasteiger partial charge on any atom is 0.142 e. The molecule has 0 heterocycles. The molecule has 3 rings (SSSR count). The molecule has 0 fully saturated rings. The summed E-state index contributed by atoms with van der Waals surface area (Å²) in [5, 5.41) is 19.2. The van der Waals surface area contributed by atoms with Crippen molar-refractivity contribution in [2.45, 2.75) is 30.0 Å². The predicted octanol–water partition coefficient (Wildman–Crippen LogP) is 4.13. The van der Waals surface area contributed by atoms with Crippen molar-refractivity contribution in [2.75, 3.05) is 13.4 Å². The van der Waals surface area contributed by atoms with Gasteiger partial charge in [0.1, 0.15) is 29.1 Å². The molecule has 0 spiro atoms. The van der Waals surface area contributed by atoms with Gasteiger partial charge in [0.2, 0.25) is 0 Å². The van der Waals surface area contributed by atoms with Crippen LogP contribution >= 0.6 is 0 Å². The fraction of sp³-hybridized carbons (Fsp3) is 0.316. The molecule has 1 N–H and O–H groups in total. The lowest BCUT2D eigenvalue weighted by Gasteiger charge is -2.18. The molecule has 2 aromatic carbocycles. The SMILES string of the molecule is CF.CS(=O)c1ccc(Oc2cc(F)cc(C#N)c2)c2c1C(O)C(C)(F)C2. The molecule has 2 aromatic rings. The standard InChI is InChI=1S/C18H15F2NO3S.CH3F/c1-18(20)8-13-14(3-4-15(25(2)23)16(13)17(18)22)24-12-6-10(9-21)5-11(19)7-12;1-2/h3-7,17,22H,8H2,1-2H3;1H3. The molecule has 0 amide bonds. The summed E-state index contributed by atoms with van der Waals surface area (Å²) in [6.07, 6.45) is -0.0977. The van der Waals surface area contributed by atoms with Gasteiger partial charge in [-0.25, -0.2) is 8.78 Å². The van der Waals surface area contributed by atoms with Crippen LogP contribution in [0, 0.1) is 17.1 Å². The third kappa shape index (κ3) is 4.15.